The molecule has 1 saturated heterocycles. The molecule has 20 heavy (non-hydrogen) atoms. The van der Waals surface area contributed by atoms with Crippen molar-refractivity contribution >= 4 is 0 Å². The zero-order valence-corrected chi connectivity index (χ0v) is 12.0. The monoisotopic (exact) mass is 276 g/mol. The molecule has 0 radical (unpaired) electrons. The summed E-state index contributed by atoms with van der Waals surface area (Å²) < 4.78 is 13.4. The van der Waals surface area contributed by atoms with Gasteiger partial charge in [-0.2, -0.15) is 5.10 Å². The highest BCUT2D eigenvalue weighted by atomic mass is 16.5. The first kappa shape index (κ1) is 13.3. The summed E-state index contributed by atoms with van der Waals surface area (Å²) in [5.41, 5.74) is 0.973. The Hall–Kier alpha value is -1.66. The Morgan fingerprint density at radius 2 is 2.30 bits per heavy atom. The molecule has 1 aliphatic heterocycles. The molecular formula is C14H20N4O2. The molecule has 2 aromatic rings. The first-order valence-corrected chi connectivity index (χ1v) is 6.95. The summed E-state index contributed by atoms with van der Waals surface area (Å²) in [5.74, 6) is 1.70. The van der Waals surface area contributed by atoms with Crippen LogP contribution in [0.1, 0.15) is 17.3 Å². The molecule has 0 aliphatic carbocycles. The summed E-state index contributed by atoms with van der Waals surface area (Å²) in [4.78, 5) is 6.76. The standard InChI is InChI=1S/C14H20N4O2/c1-11-12(2)20-14(16-11)10-17-6-7-19-13(8-17)9-18-5-3-4-15-18/h3-5,13H,6-10H2,1-2H3/t13-/m1/s1. The number of ether oxygens (including phenoxy) is 1. The Bertz CT molecular complexity index is 530. The Balaban J connectivity index is 1.57. The van der Waals surface area contributed by atoms with E-state index in [9.17, 15) is 0 Å². The van der Waals surface area contributed by atoms with E-state index in [-0.39, 0.29) is 6.10 Å². The molecule has 0 N–H and O–H groups in total. The Morgan fingerprint density at radius 1 is 1.40 bits per heavy atom. The van der Waals surface area contributed by atoms with Crippen LogP contribution < -0.4 is 0 Å². The summed E-state index contributed by atoms with van der Waals surface area (Å²) in [6.45, 7) is 7.98. The van der Waals surface area contributed by atoms with E-state index in [1.54, 1.807) is 6.20 Å². The lowest BCUT2D eigenvalue weighted by atomic mass is 10.2. The molecule has 0 spiro atoms. The maximum absolute atomic E-state index is 5.79. The Kier molecular flexibility index (Phi) is 3.84. The molecule has 1 fully saturated rings. The Morgan fingerprint density at radius 3 is 3.00 bits per heavy atom. The van der Waals surface area contributed by atoms with Gasteiger partial charge in [-0.1, -0.05) is 0 Å². The largest absolute Gasteiger partial charge is 0.444 e. The zero-order valence-electron chi connectivity index (χ0n) is 12.0. The Labute approximate surface area is 118 Å². The predicted octanol–water partition coefficient (Wildman–Crippen LogP) is 1.39. The molecule has 3 rings (SSSR count). The van der Waals surface area contributed by atoms with Gasteiger partial charge in [-0.3, -0.25) is 9.58 Å². The van der Waals surface area contributed by atoms with Crippen LogP contribution in [0.3, 0.4) is 0 Å². The van der Waals surface area contributed by atoms with Gasteiger partial charge in [-0.05, 0) is 19.9 Å². The lowest BCUT2D eigenvalue weighted by molar-refractivity contribution is -0.0423. The van der Waals surface area contributed by atoms with Crippen LogP contribution in [-0.2, 0) is 17.8 Å². The molecule has 108 valence electrons. The fourth-order valence-electron chi connectivity index (χ4n) is 2.45. The van der Waals surface area contributed by atoms with Gasteiger partial charge in [0.05, 0.1) is 31.5 Å². The molecule has 2 aromatic heterocycles. The van der Waals surface area contributed by atoms with Crippen LogP contribution in [0, 0.1) is 13.8 Å². The molecule has 3 heterocycles. The highest BCUT2D eigenvalue weighted by Gasteiger charge is 2.22. The van der Waals surface area contributed by atoms with Crippen molar-refractivity contribution in [3.05, 3.63) is 35.8 Å². The molecule has 0 aromatic carbocycles. The summed E-state index contributed by atoms with van der Waals surface area (Å²) in [7, 11) is 0. The van der Waals surface area contributed by atoms with Crippen molar-refractivity contribution in [3.8, 4) is 0 Å². The lowest BCUT2D eigenvalue weighted by Crippen LogP contribution is -2.43. The molecule has 0 amide bonds. The molecule has 6 heteroatoms. The van der Waals surface area contributed by atoms with E-state index in [1.165, 1.54) is 0 Å². The number of oxazole rings is 1. The fourth-order valence-corrected chi connectivity index (χ4v) is 2.45. The van der Waals surface area contributed by atoms with Crippen LogP contribution in [0.4, 0.5) is 0 Å². The van der Waals surface area contributed by atoms with Crippen LogP contribution in [-0.4, -0.2) is 45.5 Å². The summed E-state index contributed by atoms with van der Waals surface area (Å²) in [6, 6.07) is 1.93. The third-order valence-corrected chi connectivity index (χ3v) is 3.60. The number of nitrogens with zero attached hydrogens (tertiary/aromatic N) is 4. The normalized spacial score (nSPS) is 20.4. The van der Waals surface area contributed by atoms with E-state index in [2.05, 4.69) is 15.0 Å². The van der Waals surface area contributed by atoms with Crippen molar-refractivity contribution in [3.63, 3.8) is 0 Å². The van der Waals surface area contributed by atoms with E-state index in [1.807, 2.05) is 30.8 Å². The third-order valence-electron chi connectivity index (χ3n) is 3.60. The zero-order chi connectivity index (χ0) is 13.9. The van der Waals surface area contributed by atoms with Crippen LogP contribution in [0.15, 0.2) is 22.9 Å². The summed E-state index contributed by atoms with van der Waals surface area (Å²) >= 11 is 0. The van der Waals surface area contributed by atoms with Gasteiger partial charge in [0.25, 0.3) is 0 Å². The van der Waals surface area contributed by atoms with E-state index in [0.29, 0.717) is 0 Å². The molecule has 0 bridgehead atoms. The van der Waals surface area contributed by atoms with Crippen LogP contribution in [0.25, 0.3) is 0 Å². The van der Waals surface area contributed by atoms with Crippen molar-refractivity contribution in [2.24, 2.45) is 0 Å². The molecule has 0 saturated carbocycles. The van der Waals surface area contributed by atoms with Crippen molar-refractivity contribution < 1.29 is 9.15 Å². The lowest BCUT2D eigenvalue weighted by Gasteiger charge is -2.31. The predicted molar refractivity (Wildman–Crippen MR) is 73.2 cm³/mol. The number of aromatic nitrogens is 3. The van der Waals surface area contributed by atoms with Crippen molar-refractivity contribution in [2.45, 2.75) is 33.0 Å². The van der Waals surface area contributed by atoms with Gasteiger partial charge >= 0.3 is 0 Å². The minimum atomic E-state index is 0.167. The topological polar surface area (TPSA) is 56.3 Å². The van der Waals surface area contributed by atoms with Gasteiger partial charge in [0, 0.05) is 25.5 Å². The van der Waals surface area contributed by atoms with Gasteiger partial charge in [-0.15, -0.1) is 0 Å². The van der Waals surface area contributed by atoms with Crippen LogP contribution >= 0.6 is 0 Å². The van der Waals surface area contributed by atoms with E-state index in [4.69, 9.17) is 9.15 Å². The minimum Gasteiger partial charge on any atom is -0.444 e. The molecule has 6 nitrogen and oxygen atoms in total. The minimum absolute atomic E-state index is 0.167. The second kappa shape index (κ2) is 5.76. The van der Waals surface area contributed by atoms with E-state index >= 15 is 0 Å². The quantitative estimate of drug-likeness (QED) is 0.844. The maximum Gasteiger partial charge on any atom is 0.208 e. The number of hydrogen-bond donors (Lipinski definition) is 0. The number of morpholine rings is 1. The average Bonchev–Trinajstić information content (AvgIpc) is 3.01. The van der Waals surface area contributed by atoms with E-state index in [0.717, 1.165) is 50.1 Å². The molecule has 1 atom stereocenters. The highest BCUT2D eigenvalue weighted by Crippen LogP contribution is 2.14. The van der Waals surface area contributed by atoms with Gasteiger partial charge in [0.15, 0.2) is 0 Å². The summed E-state index contributed by atoms with van der Waals surface area (Å²) in [5, 5.41) is 4.22. The summed E-state index contributed by atoms with van der Waals surface area (Å²) in [6.07, 6.45) is 3.92. The second-order valence-electron chi connectivity index (χ2n) is 5.21. The molecule has 1 aliphatic rings. The fraction of sp³-hybridized carbons (Fsp3) is 0.571. The second-order valence-corrected chi connectivity index (χ2v) is 5.21. The van der Waals surface area contributed by atoms with Crippen LogP contribution in [0.5, 0.6) is 0 Å². The maximum atomic E-state index is 5.79. The van der Waals surface area contributed by atoms with Crippen molar-refractivity contribution in [2.75, 3.05) is 19.7 Å². The average molecular weight is 276 g/mol. The van der Waals surface area contributed by atoms with Crippen molar-refractivity contribution in [1.82, 2.24) is 19.7 Å². The van der Waals surface area contributed by atoms with Gasteiger partial charge in [-0.25, -0.2) is 4.98 Å². The van der Waals surface area contributed by atoms with E-state index < -0.39 is 0 Å². The third kappa shape index (κ3) is 3.08. The number of aryl methyl sites for hydroxylation is 2. The SMILES string of the molecule is Cc1nc(CN2CCO[C@@H](Cn3cccn3)C2)oc1C. The first-order valence-electron chi connectivity index (χ1n) is 6.95. The van der Waals surface area contributed by atoms with Gasteiger partial charge in [0.1, 0.15) is 5.76 Å². The number of hydrogen-bond acceptors (Lipinski definition) is 5. The molecular weight excluding hydrogens is 256 g/mol. The smallest absolute Gasteiger partial charge is 0.208 e. The van der Waals surface area contributed by atoms with Gasteiger partial charge in [0.2, 0.25) is 5.89 Å². The highest BCUT2D eigenvalue weighted by molar-refractivity contribution is 5.05. The van der Waals surface area contributed by atoms with Gasteiger partial charge < -0.3 is 9.15 Å². The van der Waals surface area contributed by atoms with Crippen molar-refractivity contribution in [1.29, 1.82) is 0 Å². The number of rotatable bonds is 4. The first-order chi connectivity index (χ1) is 9.70. The molecule has 0 unspecified atom stereocenters. The van der Waals surface area contributed by atoms with Crippen LogP contribution in [0.2, 0.25) is 0 Å².